The minimum absolute atomic E-state index is 0.0260. The third kappa shape index (κ3) is 8.13. The van der Waals surface area contributed by atoms with Crippen molar-refractivity contribution in [3.63, 3.8) is 0 Å². The Morgan fingerprint density at radius 1 is 1.37 bits per heavy atom. The molecule has 2 rings (SSSR count). The summed E-state index contributed by atoms with van der Waals surface area (Å²) in [6.45, 7) is 0.682. The molecule has 1 aliphatic heterocycles. The van der Waals surface area contributed by atoms with Crippen molar-refractivity contribution in [2.24, 2.45) is 0 Å². The highest BCUT2D eigenvalue weighted by Gasteiger charge is 2.25. The second-order valence-electron chi connectivity index (χ2n) is 6.70. The van der Waals surface area contributed by atoms with Crippen LogP contribution in [0.15, 0.2) is 36.5 Å². The van der Waals surface area contributed by atoms with Crippen LogP contribution in [0.25, 0.3) is 0 Å². The van der Waals surface area contributed by atoms with Gasteiger partial charge in [-0.05, 0) is 49.6 Å². The lowest BCUT2D eigenvalue weighted by atomic mass is 9.99. The van der Waals surface area contributed by atoms with Crippen LogP contribution in [0.5, 0.6) is 0 Å². The van der Waals surface area contributed by atoms with E-state index >= 15 is 0 Å². The molecule has 0 radical (unpaired) electrons. The van der Waals surface area contributed by atoms with E-state index in [-0.39, 0.29) is 11.9 Å². The third-order valence-electron chi connectivity index (χ3n) is 4.58. The van der Waals surface area contributed by atoms with Crippen LogP contribution in [-0.2, 0) is 11.2 Å². The number of aromatic nitrogens is 1. The fraction of sp³-hybridized carbons (Fsp3) is 0.550. The van der Waals surface area contributed by atoms with Gasteiger partial charge >= 0.3 is 5.30 Å². The maximum atomic E-state index is 12.3. The van der Waals surface area contributed by atoms with E-state index in [1.165, 1.54) is 0 Å². The number of unbranched alkanes of at least 4 members (excludes halogenated alkanes) is 2. The SMILES string of the molecule is O=C(O)SCCCCCN1C(=O)CCC[C@@H]1/C=C/C(O)Cc1ccccn1. The van der Waals surface area contributed by atoms with Crippen molar-refractivity contribution in [2.75, 3.05) is 12.3 Å². The van der Waals surface area contributed by atoms with E-state index in [0.29, 0.717) is 25.1 Å². The van der Waals surface area contributed by atoms with E-state index in [1.54, 1.807) is 12.3 Å². The van der Waals surface area contributed by atoms with Gasteiger partial charge in [-0.1, -0.05) is 24.6 Å². The number of carboxylic acid groups (broad SMARTS) is 1. The van der Waals surface area contributed by atoms with Crippen LogP contribution in [0.4, 0.5) is 4.79 Å². The molecule has 2 N–H and O–H groups in total. The molecule has 0 spiro atoms. The van der Waals surface area contributed by atoms with Crippen molar-refractivity contribution in [3.8, 4) is 0 Å². The Morgan fingerprint density at radius 2 is 2.22 bits per heavy atom. The predicted octanol–water partition coefficient (Wildman–Crippen LogP) is 3.50. The molecule has 2 heterocycles. The van der Waals surface area contributed by atoms with E-state index in [1.807, 2.05) is 29.2 Å². The van der Waals surface area contributed by atoms with Crippen molar-refractivity contribution >= 4 is 23.0 Å². The Hall–Kier alpha value is -1.86. The zero-order valence-electron chi connectivity index (χ0n) is 15.5. The molecule has 7 heteroatoms. The lowest BCUT2D eigenvalue weighted by molar-refractivity contribution is -0.135. The molecule has 1 aliphatic rings. The average molecular weight is 393 g/mol. The number of aliphatic hydroxyl groups is 1. The van der Waals surface area contributed by atoms with Crippen LogP contribution in [0.1, 0.15) is 44.2 Å². The maximum Gasteiger partial charge on any atom is 0.364 e. The second-order valence-corrected chi connectivity index (χ2v) is 7.75. The molecule has 2 atom stereocenters. The Labute approximate surface area is 164 Å². The first kappa shape index (κ1) is 21.4. The lowest BCUT2D eigenvalue weighted by Gasteiger charge is -2.34. The highest BCUT2D eigenvalue weighted by atomic mass is 32.2. The summed E-state index contributed by atoms with van der Waals surface area (Å²) < 4.78 is 0. The average Bonchev–Trinajstić information content (AvgIpc) is 2.65. The van der Waals surface area contributed by atoms with Crippen molar-refractivity contribution in [3.05, 3.63) is 42.2 Å². The van der Waals surface area contributed by atoms with Gasteiger partial charge in [-0.3, -0.25) is 9.78 Å². The highest BCUT2D eigenvalue weighted by molar-refractivity contribution is 8.13. The third-order valence-corrected chi connectivity index (χ3v) is 5.32. The molecule has 0 bridgehead atoms. The quantitative estimate of drug-likeness (QED) is 0.468. The van der Waals surface area contributed by atoms with E-state index in [2.05, 4.69) is 4.98 Å². The number of piperidine rings is 1. The first-order valence-corrected chi connectivity index (χ1v) is 10.5. The van der Waals surface area contributed by atoms with Gasteiger partial charge in [0.1, 0.15) is 0 Å². The first-order valence-electron chi connectivity index (χ1n) is 9.47. The number of nitrogens with zero attached hydrogens (tertiary/aromatic N) is 2. The number of aliphatic hydroxyl groups excluding tert-OH is 1. The number of thioether (sulfide) groups is 1. The van der Waals surface area contributed by atoms with E-state index < -0.39 is 11.4 Å². The Balaban J connectivity index is 1.79. The monoisotopic (exact) mass is 392 g/mol. The lowest BCUT2D eigenvalue weighted by Crippen LogP contribution is -2.43. The van der Waals surface area contributed by atoms with Gasteiger partial charge in [-0.15, -0.1) is 0 Å². The molecule has 0 aromatic carbocycles. The summed E-state index contributed by atoms with van der Waals surface area (Å²) in [6.07, 6.45) is 10.2. The van der Waals surface area contributed by atoms with Crippen molar-refractivity contribution in [2.45, 2.75) is 57.1 Å². The summed E-state index contributed by atoms with van der Waals surface area (Å²) in [5.41, 5.74) is 0.838. The topological polar surface area (TPSA) is 90.7 Å². The number of carbonyl (C=O) groups is 2. The standard InChI is InChI=1S/C20H28N2O4S/c23-18(15-16-7-2-3-12-21-16)11-10-17-8-6-9-19(24)22(17)13-4-1-5-14-27-20(25)26/h2-3,7,10-12,17-18,23H,1,4-6,8-9,13-15H2,(H,25,26)/b11-10+/t17-,18?/m1/s1. The van der Waals surface area contributed by atoms with Crippen molar-refractivity contribution in [1.82, 2.24) is 9.88 Å². The van der Waals surface area contributed by atoms with Gasteiger partial charge in [-0.2, -0.15) is 0 Å². The van der Waals surface area contributed by atoms with Gasteiger partial charge in [-0.25, -0.2) is 4.79 Å². The number of hydrogen-bond acceptors (Lipinski definition) is 5. The number of hydrogen-bond donors (Lipinski definition) is 2. The molecule has 148 valence electrons. The molecule has 1 fully saturated rings. The van der Waals surface area contributed by atoms with Crippen LogP contribution in [0.2, 0.25) is 0 Å². The summed E-state index contributed by atoms with van der Waals surface area (Å²) >= 11 is 0.922. The van der Waals surface area contributed by atoms with Crippen LogP contribution in [-0.4, -0.2) is 55.7 Å². The van der Waals surface area contributed by atoms with E-state index in [0.717, 1.165) is 49.6 Å². The first-order chi connectivity index (χ1) is 13.1. The van der Waals surface area contributed by atoms with Gasteiger partial charge in [0.25, 0.3) is 0 Å². The molecule has 1 aromatic heterocycles. The molecule has 27 heavy (non-hydrogen) atoms. The highest BCUT2D eigenvalue weighted by Crippen LogP contribution is 2.21. The summed E-state index contributed by atoms with van der Waals surface area (Å²) in [4.78, 5) is 28.9. The molecular weight excluding hydrogens is 364 g/mol. The van der Waals surface area contributed by atoms with Gasteiger partial charge in [0.05, 0.1) is 12.1 Å². The van der Waals surface area contributed by atoms with Gasteiger partial charge < -0.3 is 15.1 Å². The zero-order valence-corrected chi connectivity index (χ0v) is 16.3. The Kier molecular flexibility index (Phi) is 9.35. The molecule has 0 saturated carbocycles. The Morgan fingerprint density at radius 3 is 2.96 bits per heavy atom. The summed E-state index contributed by atoms with van der Waals surface area (Å²) in [6, 6.07) is 5.65. The maximum absolute atomic E-state index is 12.3. The normalized spacial score (nSPS) is 18.8. The number of likely N-dealkylation sites (tertiary alicyclic amines) is 1. The number of pyridine rings is 1. The molecule has 1 amide bonds. The fourth-order valence-electron chi connectivity index (χ4n) is 3.22. The molecule has 1 aromatic rings. The summed E-state index contributed by atoms with van der Waals surface area (Å²) in [5.74, 6) is 0.766. The zero-order chi connectivity index (χ0) is 19.5. The van der Waals surface area contributed by atoms with E-state index in [9.17, 15) is 14.7 Å². The van der Waals surface area contributed by atoms with Crippen LogP contribution in [0.3, 0.4) is 0 Å². The molecular formula is C20H28N2O4S. The predicted molar refractivity (Wildman–Crippen MR) is 107 cm³/mol. The molecule has 0 aliphatic carbocycles. The van der Waals surface area contributed by atoms with Crippen LogP contribution < -0.4 is 0 Å². The number of carbonyl (C=O) groups excluding carboxylic acids is 1. The smallest absolute Gasteiger partial charge is 0.364 e. The summed E-state index contributed by atoms with van der Waals surface area (Å²) in [5, 5.41) is 18.0. The second kappa shape index (κ2) is 11.8. The van der Waals surface area contributed by atoms with Crippen molar-refractivity contribution in [1.29, 1.82) is 0 Å². The van der Waals surface area contributed by atoms with Gasteiger partial charge in [0.2, 0.25) is 5.91 Å². The minimum Gasteiger partial charge on any atom is -0.473 e. The fourth-order valence-corrected chi connectivity index (χ4v) is 3.74. The van der Waals surface area contributed by atoms with E-state index in [4.69, 9.17) is 5.11 Å². The molecule has 1 saturated heterocycles. The largest absolute Gasteiger partial charge is 0.473 e. The van der Waals surface area contributed by atoms with Crippen LogP contribution >= 0.6 is 11.8 Å². The van der Waals surface area contributed by atoms with Gasteiger partial charge in [0.15, 0.2) is 0 Å². The minimum atomic E-state index is -0.837. The summed E-state index contributed by atoms with van der Waals surface area (Å²) in [7, 11) is 0. The Bertz CT molecular complexity index is 624. The molecule has 1 unspecified atom stereocenters. The van der Waals surface area contributed by atoms with Crippen LogP contribution in [0, 0.1) is 0 Å². The number of rotatable bonds is 10. The number of amides is 1. The molecule has 6 nitrogen and oxygen atoms in total. The van der Waals surface area contributed by atoms with Crippen molar-refractivity contribution < 1.29 is 19.8 Å². The van der Waals surface area contributed by atoms with Gasteiger partial charge in [0, 0.05) is 37.0 Å².